The van der Waals surface area contributed by atoms with Crippen LogP contribution in [0.4, 0.5) is 5.95 Å². The number of ether oxygens (including phenoxy) is 1. The van der Waals surface area contributed by atoms with E-state index in [0.29, 0.717) is 0 Å². The van der Waals surface area contributed by atoms with E-state index in [4.69, 9.17) is 4.74 Å². The monoisotopic (exact) mass is 239 g/mol. The first-order valence-electron chi connectivity index (χ1n) is 6.03. The Balaban J connectivity index is 2.00. The van der Waals surface area contributed by atoms with Crippen molar-refractivity contribution in [2.45, 2.75) is 25.9 Å². The van der Waals surface area contributed by atoms with Crippen LogP contribution in [0.2, 0.25) is 0 Å². The number of rotatable bonds is 4. The molecule has 17 heavy (non-hydrogen) atoms. The van der Waals surface area contributed by atoms with E-state index in [-0.39, 0.29) is 5.60 Å². The van der Waals surface area contributed by atoms with Crippen LogP contribution < -0.4 is 10.2 Å². The van der Waals surface area contributed by atoms with Crippen molar-refractivity contribution in [1.29, 1.82) is 0 Å². The molecule has 2 heterocycles. The van der Waals surface area contributed by atoms with E-state index in [2.05, 4.69) is 25.4 Å². The third kappa shape index (κ3) is 3.17. The summed E-state index contributed by atoms with van der Waals surface area (Å²) in [6.07, 6.45) is 0.739. The van der Waals surface area contributed by atoms with Crippen molar-refractivity contribution in [3.63, 3.8) is 0 Å². The maximum Gasteiger partial charge on any atom is 0.244 e. The minimum absolute atomic E-state index is 0.208. The Morgan fingerprint density at radius 1 is 1.35 bits per heavy atom. The third-order valence-electron chi connectivity index (χ3n) is 3.07. The van der Waals surface area contributed by atoms with Crippen LogP contribution in [-0.2, 0) is 11.2 Å². The number of H-pyrrole nitrogens is 1. The molecular formula is C11H21N5O. The van der Waals surface area contributed by atoms with Gasteiger partial charge in [0.05, 0.1) is 5.60 Å². The lowest BCUT2D eigenvalue weighted by Crippen LogP contribution is -2.44. The minimum atomic E-state index is -0.208. The molecule has 0 aromatic carbocycles. The molecule has 2 N–H and O–H groups in total. The van der Waals surface area contributed by atoms with Crippen LogP contribution >= 0.6 is 0 Å². The Hall–Kier alpha value is -1.14. The second-order valence-corrected chi connectivity index (χ2v) is 4.96. The summed E-state index contributed by atoms with van der Waals surface area (Å²) >= 11 is 0. The van der Waals surface area contributed by atoms with Crippen LogP contribution in [0.25, 0.3) is 0 Å². The average molecular weight is 239 g/mol. The van der Waals surface area contributed by atoms with E-state index in [0.717, 1.165) is 44.4 Å². The maximum absolute atomic E-state index is 5.38. The fourth-order valence-corrected chi connectivity index (χ4v) is 1.85. The first kappa shape index (κ1) is 12.3. The summed E-state index contributed by atoms with van der Waals surface area (Å²) < 4.78 is 5.38. The molecule has 1 fully saturated rings. The van der Waals surface area contributed by atoms with Gasteiger partial charge in [0.15, 0.2) is 0 Å². The molecular weight excluding hydrogens is 218 g/mol. The van der Waals surface area contributed by atoms with Crippen LogP contribution in [0.5, 0.6) is 0 Å². The third-order valence-corrected chi connectivity index (χ3v) is 3.07. The van der Waals surface area contributed by atoms with Gasteiger partial charge in [0, 0.05) is 39.7 Å². The zero-order chi connectivity index (χ0) is 12.3. The number of hydrogen-bond donors (Lipinski definition) is 2. The van der Waals surface area contributed by atoms with Gasteiger partial charge in [-0.15, -0.1) is 5.10 Å². The van der Waals surface area contributed by atoms with Crippen molar-refractivity contribution in [2.24, 2.45) is 0 Å². The summed E-state index contributed by atoms with van der Waals surface area (Å²) in [5.41, 5.74) is -0.208. The SMILES string of the molecule is COC(C)(C)Cc1nc(N2CCNCC2)n[nH]1. The van der Waals surface area contributed by atoms with Gasteiger partial charge in [0.2, 0.25) is 5.95 Å². The highest BCUT2D eigenvalue weighted by molar-refractivity contribution is 5.29. The predicted octanol–water partition coefficient (Wildman–Crippen LogP) is 0.182. The lowest BCUT2D eigenvalue weighted by atomic mass is 10.1. The van der Waals surface area contributed by atoms with Crippen LogP contribution in [0, 0.1) is 0 Å². The molecule has 6 nitrogen and oxygen atoms in total. The summed E-state index contributed by atoms with van der Waals surface area (Å²) in [5, 5.41) is 10.6. The molecule has 1 aromatic heterocycles. The fourth-order valence-electron chi connectivity index (χ4n) is 1.85. The lowest BCUT2D eigenvalue weighted by molar-refractivity contribution is 0.0216. The quantitative estimate of drug-likeness (QED) is 0.784. The molecule has 1 aliphatic heterocycles. The first-order valence-corrected chi connectivity index (χ1v) is 6.03. The van der Waals surface area contributed by atoms with E-state index in [9.17, 15) is 0 Å². The molecule has 1 saturated heterocycles. The van der Waals surface area contributed by atoms with Crippen LogP contribution in [0.1, 0.15) is 19.7 Å². The van der Waals surface area contributed by atoms with Crippen molar-refractivity contribution in [1.82, 2.24) is 20.5 Å². The van der Waals surface area contributed by atoms with Crippen LogP contribution in [0.15, 0.2) is 0 Å². The Labute approximate surface area is 102 Å². The summed E-state index contributed by atoms with van der Waals surface area (Å²) in [5.74, 6) is 1.68. The molecule has 2 rings (SSSR count). The topological polar surface area (TPSA) is 66.1 Å². The maximum atomic E-state index is 5.38. The highest BCUT2D eigenvalue weighted by atomic mass is 16.5. The van der Waals surface area contributed by atoms with Gasteiger partial charge < -0.3 is 15.0 Å². The van der Waals surface area contributed by atoms with Crippen molar-refractivity contribution in [3.05, 3.63) is 5.82 Å². The highest BCUT2D eigenvalue weighted by Gasteiger charge is 2.21. The molecule has 6 heteroatoms. The Bertz CT molecular complexity index is 356. The summed E-state index contributed by atoms with van der Waals surface area (Å²) in [6.45, 7) is 8.00. The summed E-state index contributed by atoms with van der Waals surface area (Å²) in [4.78, 5) is 6.71. The standard InChI is InChI=1S/C11H21N5O/c1-11(2,17-3)8-9-13-10(15-14-9)16-6-4-12-5-7-16/h12H,4-8H2,1-3H3,(H,13,14,15). The average Bonchev–Trinajstić information content (AvgIpc) is 2.78. The van der Waals surface area contributed by atoms with E-state index < -0.39 is 0 Å². The number of aromatic amines is 1. The van der Waals surface area contributed by atoms with Crippen molar-refractivity contribution >= 4 is 5.95 Å². The highest BCUT2D eigenvalue weighted by Crippen LogP contribution is 2.15. The predicted molar refractivity (Wildman–Crippen MR) is 66.3 cm³/mol. The van der Waals surface area contributed by atoms with Crippen LogP contribution in [0.3, 0.4) is 0 Å². The van der Waals surface area contributed by atoms with Gasteiger partial charge in [0.1, 0.15) is 5.82 Å². The van der Waals surface area contributed by atoms with Gasteiger partial charge in [0.25, 0.3) is 0 Å². The summed E-state index contributed by atoms with van der Waals surface area (Å²) in [6, 6.07) is 0. The Morgan fingerprint density at radius 2 is 2.06 bits per heavy atom. The molecule has 0 radical (unpaired) electrons. The Morgan fingerprint density at radius 3 is 2.71 bits per heavy atom. The molecule has 0 saturated carbocycles. The fraction of sp³-hybridized carbons (Fsp3) is 0.818. The minimum Gasteiger partial charge on any atom is -0.378 e. The van der Waals surface area contributed by atoms with E-state index >= 15 is 0 Å². The number of nitrogens with one attached hydrogen (secondary N) is 2. The number of nitrogens with zero attached hydrogens (tertiary/aromatic N) is 3. The smallest absolute Gasteiger partial charge is 0.244 e. The van der Waals surface area contributed by atoms with Gasteiger partial charge in [-0.05, 0) is 13.8 Å². The van der Waals surface area contributed by atoms with Gasteiger partial charge in [-0.25, -0.2) is 0 Å². The molecule has 0 spiro atoms. The molecule has 0 amide bonds. The normalized spacial score (nSPS) is 17.5. The zero-order valence-corrected chi connectivity index (χ0v) is 10.8. The molecule has 0 bridgehead atoms. The van der Waals surface area contributed by atoms with Gasteiger partial charge in [-0.1, -0.05) is 0 Å². The first-order chi connectivity index (χ1) is 8.11. The zero-order valence-electron chi connectivity index (χ0n) is 10.8. The number of anilines is 1. The molecule has 1 aliphatic rings. The Kier molecular flexibility index (Phi) is 3.63. The molecule has 96 valence electrons. The molecule has 0 unspecified atom stereocenters. The second kappa shape index (κ2) is 5.01. The van der Waals surface area contributed by atoms with E-state index in [1.807, 2.05) is 13.8 Å². The van der Waals surface area contributed by atoms with Gasteiger partial charge in [-0.2, -0.15) is 4.98 Å². The van der Waals surface area contributed by atoms with Gasteiger partial charge >= 0.3 is 0 Å². The molecule has 0 aliphatic carbocycles. The molecule has 0 atom stereocenters. The van der Waals surface area contributed by atoms with E-state index in [1.54, 1.807) is 7.11 Å². The lowest BCUT2D eigenvalue weighted by Gasteiger charge is -2.25. The number of piperazine rings is 1. The summed E-state index contributed by atoms with van der Waals surface area (Å²) in [7, 11) is 1.72. The number of aromatic nitrogens is 3. The van der Waals surface area contributed by atoms with Crippen molar-refractivity contribution in [3.8, 4) is 0 Å². The number of methoxy groups -OCH3 is 1. The van der Waals surface area contributed by atoms with Crippen molar-refractivity contribution in [2.75, 3.05) is 38.2 Å². The largest absolute Gasteiger partial charge is 0.378 e. The van der Waals surface area contributed by atoms with Gasteiger partial charge in [-0.3, -0.25) is 5.10 Å². The van der Waals surface area contributed by atoms with Crippen molar-refractivity contribution < 1.29 is 4.74 Å². The van der Waals surface area contributed by atoms with Crippen LogP contribution in [-0.4, -0.2) is 54.1 Å². The molecule has 1 aromatic rings. The second-order valence-electron chi connectivity index (χ2n) is 4.96. The van der Waals surface area contributed by atoms with E-state index in [1.165, 1.54) is 0 Å². The number of hydrogen-bond acceptors (Lipinski definition) is 5.